The summed E-state index contributed by atoms with van der Waals surface area (Å²) >= 11 is -2.41. The molecule has 4 aromatic rings. The highest BCUT2D eigenvalue weighted by Gasteiger charge is 2.19. The van der Waals surface area contributed by atoms with Crippen molar-refractivity contribution in [2.45, 2.75) is 13.0 Å². The zero-order chi connectivity index (χ0) is 29.6. The summed E-state index contributed by atoms with van der Waals surface area (Å²) in [6.07, 6.45) is 5.60. The molecule has 1 aliphatic rings. The molecule has 42 heavy (non-hydrogen) atoms. The number of aromatic nitrogens is 3. The third-order valence-electron chi connectivity index (χ3n) is 7.00. The molecule has 1 fully saturated rings. The second kappa shape index (κ2) is 13.5. The van der Waals surface area contributed by atoms with Gasteiger partial charge in [-0.15, -0.1) is 0 Å². The minimum absolute atomic E-state index is 0.165. The number of rotatable bonds is 11. The highest BCUT2D eigenvalue weighted by molar-refractivity contribution is 7.77. The largest absolute Gasteiger partial charge is 0.760 e. The molecule has 0 amide bonds. The Morgan fingerprint density at radius 3 is 2.57 bits per heavy atom. The van der Waals surface area contributed by atoms with Gasteiger partial charge in [0.2, 0.25) is 0 Å². The topological polar surface area (TPSA) is 114 Å². The maximum atomic E-state index is 14.6. The number of halogens is 2. The second-order valence-corrected chi connectivity index (χ2v) is 10.6. The van der Waals surface area contributed by atoms with Crippen LogP contribution in [0.3, 0.4) is 0 Å². The third-order valence-corrected chi connectivity index (χ3v) is 7.44. The van der Waals surface area contributed by atoms with Gasteiger partial charge in [0, 0.05) is 85.7 Å². The van der Waals surface area contributed by atoms with Gasteiger partial charge in [0.15, 0.2) is 11.6 Å². The Bertz CT molecular complexity index is 1640. The Kier molecular flexibility index (Phi) is 9.55. The zero-order valence-corrected chi connectivity index (χ0v) is 23.7. The number of hydrogen-bond donors (Lipinski definition) is 1. The van der Waals surface area contributed by atoms with Crippen molar-refractivity contribution in [2.24, 2.45) is 7.05 Å². The lowest BCUT2D eigenvalue weighted by Crippen LogP contribution is -2.38. The molecule has 0 saturated carbocycles. The third kappa shape index (κ3) is 7.36. The van der Waals surface area contributed by atoms with E-state index in [1.807, 2.05) is 10.9 Å². The Balaban J connectivity index is 1.53. The molecule has 2 aromatic carbocycles. The molecule has 1 aliphatic heterocycles. The molecular formula is C29H30F2N5O5S-. The standard InChI is InChI=1S/C29H31F2N5O5S/c1-34-19-25(23(16-29(34)37)21-17-32-36(18-21)9-8-35-10-12-40-13-11-35)24-14-20(6-7-33-42(38)39)2-4-27(24)41-28-5-3-22(30)15-26(28)31/h2-5,14-19,33H,6-13H2,1H3,(H,38,39)/p-1. The molecule has 1 saturated heterocycles. The van der Waals surface area contributed by atoms with Crippen LogP contribution in [0.4, 0.5) is 8.78 Å². The summed E-state index contributed by atoms with van der Waals surface area (Å²) < 4.78 is 67.0. The van der Waals surface area contributed by atoms with Crippen molar-refractivity contribution in [3.05, 3.63) is 88.6 Å². The van der Waals surface area contributed by atoms with E-state index in [4.69, 9.17) is 9.47 Å². The van der Waals surface area contributed by atoms with Gasteiger partial charge >= 0.3 is 0 Å². The Labute approximate surface area is 243 Å². The van der Waals surface area contributed by atoms with E-state index in [1.165, 1.54) is 16.7 Å². The van der Waals surface area contributed by atoms with Gasteiger partial charge in [0.05, 0.1) is 26.0 Å². The van der Waals surface area contributed by atoms with E-state index in [2.05, 4.69) is 14.7 Å². The number of pyridine rings is 1. The molecule has 5 rings (SSSR count). The first kappa shape index (κ1) is 29.7. The molecule has 1 unspecified atom stereocenters. The molecule has 3 heterocycles. The molecule has 0 bridgehead atoms. The smallest absolute Gasteiger partial charge is 0.250 e. The van der Waals surface area contributed by atoms with Crippen LogP contribution in [0.2, 0.25) is 0 Å². The summed E-state index contributed by atoms with van der Waals surface area (Å²) in [6, 6.07) is 9.73. The van der Waals surface area contributed by atoms with Crippen LogP contribution in [0.25, 0.3) is 22.3 Å². The normalized spacial score (nSPS) is 14.7. The fourth-order valence-electron chi connectivity index (χ4n) is 4.76. The molecule has 0 radical (unpaired) electrons. The number of benzene rings is 2. The summed E-state index contributed by atoms with van der Waals surface area (Å²) in [5.41, 5.74) is 2.99. The number of nitrogens with zero attached hydrogens (tertiary/aromatic N) is 4. The van der Waals surface area contributed by atoms with E-state index < -0.39 is 22.9 Å². The summed E-state index contributed by atoms with van der Waals surface area (Å²) in [4.78, 5) is 15.1. The fraction of sp³-hybridized carbons (Fsp3) is 0.310. The van der Waals surface area contributed by atoms with Gasteiger partial charge in [-0.25, -0.2) is 13.5 Å². The van der Waals surface area contributed by atoms with E-state index in [1.54, 1.807) is 37.6 Å². The number of morpholine rings is 1. The summed E-state index contributed by atoms with van der Waals surface area (Å²) in [5, 5.41) is 4.52. The zero-order valence-electron chi connectivity index (χ0n) is 22.9. The summed E-state index contributed by atoms with van der Waals surface area (Å²) in [6.45, 7) is 4.76. The minimum Gasteiger partial charge on any atom is -0.760 e. The molecule has 1 N–H and O–H groups in total. The van der Waals surface area contributed by atoms with E-state index in [0.29, 0.717) is 48.4 Å². The highest BCUT2D eigenvalue weighted by atomic mass is 32.2. The lowest BCUT2D eigenvalue weighted by molar-refractivity contribution is 0.0360. The second-order valence-electron chi connectivity index (χ2n) is 9.88. The lowest BCUT2D eigenvalue weighted by atomic mass is 9.95. The monoisotopic (exact) mass is 598 g/mol. The van der Waals surface area contributed by atoms with Crippen LogP contribution in [-0.2, 0) is 36.0 Å². The van der Waals surface area contributed by atoms with Gasteiger partial charge in [-0.2, -0.15) is 5.10 Å². The van der Waals surface area contributed by atoms with Crippen LogP contribution in [0.1, 0.15) is 5.56 Å². The SMILES string of the molecule is Cn1cc(-c2cc(CCNS(=O)[O-])ccc2Oc2ccc(F)cc2F)c(-c2cnn(CCN3CCOCC3)c2)cc1=O. The molecule has 13 heteroatoms. The summed E-state index contributed by atoms with van der Waals surface area (Å²) in [7, 11) is 1.62. The predicted molar refractivity (Wildman–Crippen MR) is 153 cm³/mol. The predicted octanol–water partition coefficient (Wildman–Crippen LogP) is 3.24. The minimum atomic E-state index is -2.41. The van der Waals surface area contributed by atoms with E-state index in [-0.39, 0.29) is 23.6 Å². The molecule has 0 aliphatic carbocycles. The van der Waals surface area contributed by atoms with Gasteiger partial charge in [0.1, 0.15) is 11.6 Å². The maximum absolute atomic E-state index is 14.6. The number of hydrogen-bond acceptors (Lipinski definition) is 7. The first-order chi connectivity index (χ1) is 20.3. The molecule has 2 aromatic heterocycles. The van der Waals surface area contributed by atoms with Crippen LogP contribution in [0.5, 0.6) is 11.5 Å². The molecule has 1 atom stereocenters. The first-order valence-electron chi connectivity index (χ1n) is 13.4. The van der Waals surface area contributed by atoms with Gasteiger partial charge in [0.25, 0.3) is 5.56 Å². The quantitative estimate of drug-likeness (QED) is 0.264. The van der Waals surface area contributed by atoms with E-state index in [0.717, 1.165) is 37.3 Å². The number of ether oxygens (including phenoxy) is 2. The fourth-order valence-corrected chi connectivity index (χ4v) is 5.03. The van der Waals surface area contributed by atoms with Gasteiger partial charge in [-0.3, -0.25) is 18.6 Å². The van der Waals surface area contributed by atoms with Crippen molar-refractivity contribution in [1.82, 2.24) is 24.0 Å². The van der Waals surface area contributed by atoms with Crippen molar-refractivity contribution in [3.63, 3.8) is 0 Å². The molecular weight excluding hydrogens is 568 g/mol. The van der Waals surface area contributed by atoms with Gasteiger partial charge in [-0.05, 0) is 41.8 Å². The van der Waals surface area contributed by atoms with Crippen molar-refractivity contribution >= 4 is 11.3 Å². The number of aryl methyl sites for hydroxylation is 1. The molecule has 0 spiro atoms. The van der Waals surface area contributed by atoms with E-state index in [9.17, 15) is 22.3 Å². The Morgan fingerprint density at radius 1 is 1.02 bits per heavy atom. The van der Waals surface area contributed by atoms with Gasteiger partial charge < -0.3 is 18.6 Å². The van der Waals surface area contributed by atoms with Crippen molar-refractivity contribution in [1.29, 1.82) is 0 Å². The van der Waals surface area contributed by atoms with Crippen LogP contribution in [0.15, 0.2) is 65.8 Å². The lowest BCUT2D eigenvalue weighted by Gasteiger charge is -2.26. The van der Waals surface area contributed by atoms with Crippen molar-refractivity contribution in [3.8, 4) is 33.8 Å². The number of nitrogens with one attached hydrogen (secondary N) is 1. The van der Waals surface area contributed by atoms with Gasteiger partial charge in [-0.1, -0.05) is 6.07 Å². The van der Waals surface area contributed by atoms with Crippen LogP contribution >= 0.6 is 0 Å². The van der Waals surface area contributed by atoms with Crippen molar-refractivity contribution in [2.75, 3.05) is 39.4 Å². The average Bonchev–Trinajstić information content (AvgIpc) is 3.44. The average molecular weight is 599 g/mol. The van der Waals surface area contributed by atoms with E-state index >= 15 is 0 Å². The van der Waals surface area contributed by atoms with Crippen LogP contribution in [0, 0.1) is 11.6 Å². The maximum Gasteiger partial charge on any atom is 0.250 e. The molecule has 10 nitrogen and oxygen atoms in total. The van der Waals surface area contributed by atoms with Crippen LogP contribution < -0.4 is 15.0 Å². The van der Waals surface area contributed by atoms with Crippen LogP contribution in [-0.4, -0.2) is 67.4 Å². The molecule has 222 valence electrons. The highest BCUT2D eigenvalue weighted by Crippen LogP contribution is 2.39. The Hall–Kier alpha value is -3.75. The summed E-state index contributed by atoms with van der Waals surface area (Å²) in [5.74, 6) is -1.50. The van der Waals surface area contributed by atoms with Crippen molar-refractivity contribution < 1.29 is 27.0 Å². The Morgan fingerprint density at radius 2 is 1.81 bits per heavy atom. The first-order valence-corrected chi connectivity index (χ1v) is 14.5.